The zero-order valence-electron chi connectivity index (χ0n) is 18.9. The van der Waals surface area contributed by atoms with E-state index in [2.05, 4.69) is 52.8 Å². The van der Waals surface area contributed by atoms with Crippen molar-refractivity contribution in [3.8, 4) is 5.75 Å². The molecule has 0 radical (unpaired) electrons. The Balaban J connectivity index is 1.23. The van der Waals surface area contributed by atoms with Gasteiger partial charge in [0.2, 0.25) is 0 Å². The molecule has 0 bridgehead atoms. The van der Waals surface area contributed by atoms with E-state index in [1.54, 1.807) is 0 Å². The highest BCUT2D eigenvalue weighted by Gasteiger charge is 2.28. The van der Waals surface area contributed by atoms with Crippen LogP contribution >= 0.6 is 0 Å². The van der Waals surface area contributed by atoms with Crippen molar-refractivity contribution in [3.63, 3.8) is 0 Å². The molecule has 0 saturated carbocycles. The second kappa shape index (κ2) is 10.0. The minimum Gasteiger partial charge on any atom is -0.490 e. The van der Waals surface area contributed by atoms with Gasteiger partial charge in [0, 0.05) is 45.3 Å². The Bertz CT molecular complexity index is 668. The maximum Gasteiger partial charge on any atom is 0.319 e. The zero-order chi connectivity index (χ0) is 20.9. The monoisotopic (exact) mass is 413 g/mol. The normalized spacial score (nSPS) is 22.5. The van der Waals surface area contributed by atoms with Crippen molar-refractivity contribution in [2.24, 2.45) is 0 Å². The van der Waals surface area contributed by atoms with Crippen molar-refractivity contribution < 1.29 is 9.53 Å². The summed E-state index contributed by atoms with van der Waals surface area (Å²) in [6, 6.07) is 9.67. The van der Waals surface area contributed by atoms with Crippen LogP contribution in [-0.4, -0.2) is 72.1 Å². The molecule has 3 aliphatic rings. The number of likely N-dealkylation sites (tertiary alicyclic amines) is 3. The van der Waals surface area contributed by atoms with Crippen LogP contribution in [0.4, 0.5) is 4.79 Å². The van der Waals surface area contributed by atoms with Gasteiger partial charge in [-0.05, 0) is 82.4 Å². The van der Waals surface area contributed by atoms with Crippen LogP contribution in [0.1, 0.15) is 70.3 Å². The van der Waals surface area contributed by atoms with Gasteiger partial charge in [-0.25, -0.2) is 4.79 Å². The van der Waals surface area contributed by atoms with Gasteiger partial charge < -0.3 is 19.4 Å². The van der Waals surface area contributed by atoms with Gasteiger partial charge in [0.15, 0.2) is 0 Å². The third-order valence-corrected chi connectivity index (χ3v) is 7.25. The molecule has 0 aliphatic carbocycles. The van der Waals surface area contributed by atoms with Gasteiger partial charge in [-0.2, -0.15) is 0 Å². The molecule has 166 valence electrons. The van der Waals surface area contributed by atoms with E-state index < -0.39 is 0 Å². The van der Waals surface area contributed by atoms with E-state index in [1.165, 1.54) is 12.0 Å². The van der Waals surface area contributed by atoms with Gasteiger partial charge in [-0.3, -0.25) is 0 Å². The van der Waals surface area contributed by atoms with Crippen LogP contribution in [-0.2, 0) is 0 Å². The van der Waals surface area contributed by atoms with E-state index in [1.807, 2.05) is 0 Å². The third kappa shape index (κ3) is 5.29. The molecule has 5 nitrogen and oxygen atoms in total. The molecule has 3 heterocycles. The molecule has 3 fully saturated rings. The SMILES string of the molecule is CC(C)N1CCC(Oc2ccc(C3CCN(C(=O)N4CCCCC4)CC3)cc2)CC1. The van der Waals surface area contributed by atoms with E-state index in [0.29, 0.717) is 18.1 Å². The third-order valence-electron chi connectivity index (χ3n) is 7.25. The molecule has 30 heavy (non-hydrogen) atoms. The molecule has 0 N–H and O–H groups in total. The maximum absolute atomic E-state index is 12.7. The number of carbonyl (C=O) groups is 1. The molecule has 0 unspecified atom stereocenters. The molecular formula is C25H39N3O2. The summed E-state index contributed by atoms with van der Waals surface area (Å²) in [7, 11) is 0. The van der Waals surface area contributed by atoms with E-state index in [-0.39, 0.29) is 6.03 Å². The van der Waals surface area contributed by atoms with Crippen LogP contribution in [0.25, 0.3) is 0 Å². The molecule has 0 atom stereocenters. The average Bonchev–Trinajstić information content (AvgIpc) is 2.80. The van der Waals surface area contributed by atoms with Crippen LogP contribution in [0.3, 0.4) is 0 Å². The number of rotatable bonds is 4. The Morgan fingerprint density at radius 1 is 0.833 bits per heavy atom. The second-order valence-corrected chi connectivity index (χ2v) is 9.61. The summed E-state index contributed by atoms with van der Waals surface area (Å²) < 4.78 is 6.26. The van der Waals surface area contributed by atoms with Crippen molar-refractivity contribution in [2.75, 3.05) is 39.3 Å². The van der Waals surface area contributed by atoms with E-state index in [0.717, 1.165) is 83.5 Å². The van der Waals surface area contributed by atoms with Crippen LogP contribution in [0, 0.1) is 0 Å². The fourth-order valence-electron chi connectivity index (χ4n) is 5.21. The lowest BCUT2D eigenvalue weighted by molar-refractivity contribution is 0.0843. The number of nitrogens with zero attached hydrogens (tertiary/aromatic N) is 3. The predicted molar refractivity (Wildman–Crippen MR) is 121 cm³/mol. The quantitative estimate of drug-likeness (QED) is 0.716. The van der Waals surface area contributed by atoms with Crippen molar-refractivity contribution in [3.05, 3.63) is 29.8 Å². The Morgan fingerprint density at radius 2 is 1.43 bits per heavy atom. The van der Waals surface area contributed by atoms with E-state index in [4.69, 9.17) is 4.74 Å². The summed E-state index contributed by atoms with van der Waals surface area (Å²) >= 11 is 0. The molecule has 5 heteroatoms. The van der Waals surface area contributed by atoms with Gasteiger partial charge in [0.05, 0.1) is 0 Å². The number of benzene rings is 1. The molecule has 3 aliphatic heterocycles. The van der Waals surface area contributed by atoms with Gasteiger partial charge in [-0.15, -0.1) is 0 Å². The summed E-state index contributed by atoms with van der Waals surface area (Å²) in [6.45, 7) is 10.5. The summed E-state index contributed by atoms with van der Waals surface area (Å²) in [5, 5.41) is 0. The second-order valence-electron chi connectivity index (χ2n) is 9.61. The van der Waals surface area contributed by atoms with Crippen LogP contribution in [0.15, 0.2) is 24.3 Å². The smallest absolute Gasteiger partial charge is 0.319 e. The first kappa shape index (κ1) is 21.5. The highest BCUT2D eigenvalue weighted by atomic mass is 16.5. The van der Waals surface area contributed by atoms with Crippen molar-refractivity contribution in [1.29, 1.82) is 0 Å². The number of piperidine rings is 3. The van der Waals surface area contributed by atoms with Crippen molar-refractivity contribution in [2.45, 2.75) is 76.9 Å². The summed E-state index contributed by atoms with van der Waals surface area (Å²) in [6.07, 6.45) is 8.28. The minimum atomic E-state index is 0.264. The maximum atomic E-state index is 12.7. The van der Waals surface area contributed by atoms with Gasteiger partial charge in [-0.1, -0.05) is 12.1 Å². The number of hydrogen-bond donors (Lipinski definition) is 0. The molecule has 1 aromatic carbocycles. The fourth-order valence-corrected chi connectivity index (χ4v) is 5.21. The first-order valence-corrected chi connectivity index (χ1v) is 12.1. The Morgan fingerprint density at radius 3 is 2.03 bits per heavy atom. The lowest BCUT2D eigenvalue weighted by Gasteiger charge is -2.37. The summed E-state index contributed by atoms with van der Waals surface area (Å²) in [5.74, 6) is 1.55. The molecule has 1 aromatic rings. The average molecular weight is 414 g/mol. The topological polar surface area (TPSA) is 36.0 Å². The Labute approximate surface area is 182 Å². The first-order valence-electron chi connectivity index (χ1n) is 12.1. The van der Waals surface area contributed by atoms with Gasteiger partial charge >= 0.3 is 6.03 Å². The highest BCUT2D eigenvalue weighted by molar-refractivity contribution is 5.74. The predicted octanol–water partition coefficient (Wildman–Crippen LogP) is 4.72. The molecular weight excluding hydrogens is 374 g/mol. The molecule has 3 saturated heterocycles. The largest absolute Gasteiger partial charge is 0.490 e. The van der Waals surface area contributed by atoms with Gasteiger partial charge in [0.25, 0.3) is 0 Å². The van der Waals surface area contributed by atoms with Crippen molar-refractivity contribution >= 4 is 6.03 Å². The minimum absolute atomic E-state index is 0.264. The first-order chi connectivity index (χ1) is 14.6. The summed E-state index contributed by atoms with van der Waals surface area (Å²) in [5.41, 5.74) is 1.39. The lowest BCUT2D eigenvalue weighted by Crippen LogP contribution is -2.48. The van der Waals surface area contributed by atoms with Crippen LogP contribution in [0.2, 0.25) is 0 Å². The zero-order valence-corrected chi connectivity index (χ0v) is 18.9. The molecule has 0 aromatic heterocycles. The number of amides is 2. The van der Waals surface area contributed by atoms with Crippen LogP contribution in [0.5, 0.6) is 5.75 Å². The Kier molecular flexibility index (Phi) is 7.19. The Hall–Kier alpha value is -1.75. The number of carbonyl (C=O) groups excluding carboxylic acids is 1. The number of urea groups is 1. The molecule has 0 spiro atoms. The van der Waals surface area contributed by atoms with Crippen molar-refractivity contribution in [1.82, 2.24) is 14.7 Å². The fraction of sp³-hybridized carbons (Fsp3) is 0.720. The van der Waals surface area contributed by atoms with E-state index >= 15 is 0 Å². The van der Waals surface area contributed by atoms with E-state index in [9.17, 15) is 4.79 Å². The van der Waals surface area contributed by atoms with Gasteiger partial charge in [0.1, 0.15) is 11.9 Å². The lowest BCUT2D eigenvalue weighted by atomic mass is 9.89. The molecule has 4 rings (SSSR count). The highest BCUT2D eigenvalue weighted by Crippen LogP contribution is 2.30. The molecule has 2 amide bonds. The number of ether oxygens (including phenoxy) is 1. The number of hydrogen-bond acceptors (Lipinski definition) is 3. The van der Waals surface area contributed by atoms with Crippen LogP contribution < -0.4 is 4.74 Å². The standard InChI is InChI=1S/C25H39N3O2/c1-20(2)26-18-12-24(13-19-26)30-23-8-6-21(7-9-23)22-10-16-28(17-11-22)25(29)27-14-4-3-5-15-27/h6-9,20,22,24H,3-5,10-19H2,1-2H3. The summed E-state index contributed by atoms with van der Waals surface area (Å²) in [4.78, 5) is 19.4.